The molecule has 5 nitrogen and oxygen atoms in total. The number of methoxy groups -OCH3 is 1. The molecular weight excluding hydrogens is 237 g/mol. The lowest BCUT2D eigenvalue weighted by atomic mass is 10.2. The number of anilines is 1. The Morgan fingerprint density at radius 1 is 1.44 bits per heavy atom. The van der Waals surface area contributed by atoms with Crippen LogP contribution in [0.2, 0.25) is 0 Å². The van der Waals surface area contributed by atoms with Crippen molar-refractivity contribution < 1.29 is 13.9 Å². The fourth-order valence-corrected chi connectivity index (χ4v) is 1.13. The van der Waals surface area contributed by atoms with Gasteiger partial charge in [-0.25, -0.2) is 9.18 Å². The molecule has 90 valence electrons. The zero-order chi connectivity index (χ0) is 13.5. The standard InChI is InChI=1S/C12H8FN3O2/c1-18-12(17)10-3-2-9(4-11(10)13)16-7-8(5-14)6-15/h2-4,7,16H,1H3. The van der Waals surface area contributed by atoms with Gasteiger partial charge >= 0.3 is 5.97 Å². The third-order valence-corrected chi connectivity index (χ3v) is 2.00. The number of allylic oxidation sites excluding steroid dienone is 1. The predicted molar refractivity (Wildman–Crippen MR) is 60.7 cm³/mol. The minimum absolute atomic E-state index is 0.146. The fraction of sp³-hybridized carbons (Fsp3) is 0.0833. The molecule has 0 fully saturated rings. The van der Waals surface area contributed by atoms with Gasteiger partial charge in [-0.05, 0) is 18.2 Å². The molecule has 1 aromatic carbocycles. The second kappa shape index (κ2) is 6.02. The van der Waals surface area contributed by atoms with Gasteiger partial charge in [0.1, 0.15) is 23.5 Å². The number of esters is 1. The third kappa shape index (κ3) is 3.06. The van der Waals surface area contributed by atoms with Gasteiger partial charge in [0.15, 0.2) is 0 Å². The molecule has 0 aliphatic carbocycles. The number of benzene rings is 1. The van der Waals surface area contributed by atoms with Gasteiger partial charge in [0.05, 0.1) is 12.7 Å². The number of nitriles is 2. The molecule has 0 aliphatic rings. The number of ether oxygens (including phenoxy) is 1. The summed E-state index contributed by atoms with van der Waals surface area (Å²) in [6, 6.07) is 7.03. The molecule has 0 aliphatic heterocycles. The first-order chi connectivity index (χ1) is 8.62. The predicted octanol–water partition coefficient (Wildman–Crippen LogP) is 1.96. The molecule has 1 rings (SSSR count). The van der Waals surface area contributed by atoms with Crippen LogP contribution in [-0.2, 0) is 4.74 Å². The average molecular weight is 245 g/mol. The van der Waals surface area contributed by atoms with Gasteiger partial charge in [-0.2, -0.15) is 10.5 Å². The SMILES string of the molecule is COC(=O)c1ccc(NC=C(C#N)C#N)cc1F. The number of nitrogens with one attached hydrogen (secondary N) is 1. The molecule has 0 atom stereocenters. The van der Waals surface area contributed by atoms with Gasteiger partial charge < -0.3 is 10.1 Å². The smallest absolute Gasteiger partial charge is 0.340 e. The Balaban J connectivity index is 2.93. The van der Waals surface area contributed by atoms with Gasteiger partial charge in [0.2, 0.25) is 0 Å². The quantitative estimate of drug-likeness (QED) is 0.649. The van der Waals surface area contributed by atoms with Crippen molar-refractivity contribution in [2.24, 2.45) is 0 Å². The van der Waals surface area contributed by atoms with Crippen LogP contribution in [0.3, 0.4) is 0 Å². The molecule has 1 N–H and O–H groups in total. The summed E-state index contributed by atoms with van der Waals surface area (Å²) >= 11 is 0. The summed E-state index contributed by atoms with van der Waals surface area (Å²) in [6.07, 6.45) is 1.15. The van der Waals surface area contributed by atoms with E-state index in [2.05, 4.69) is 10.1 Å². The Kier molecular flexibility index (Phi) is 4.42. The molecule has 6 heteroatoms. The highest BCUT2D eigenvalue weighted by atomic mass is 19.1. The second-order valence-electron chi connectivity index (χ2n) is 3.11. The lowest BCUT2D eigenvalue weighted by molar-refractivity contribution is 0.0595. The maximum Gasteiger partial charge on any atom is 0.340 e. The van der Waals surface area contributed by atoms with Crippen molar-refractivity contribution in [2.75, 3.05) is 12.4 Å². The van der Waals surface area contributed by atoms with Crippen LogP contribution in [0, 0.1) is 28.5 Å². The normalized spacial score (nSPS) is 8.67. The Labute approximate surface area is 103 Å². The number of hydrogen-bond donors (Lipinski definition) is 1. The van der Waals surface area contributed by atoms with Crippen molar-refractivity contribution in [1.82, 2.24) is 0 Å². The van der Waals surface area contributed by atoms with E-state index in [1.165, 1.54) is 12.1 Å². The summed E-state index contributed by atoms with van der Waals surface area (Å²) < 4.78 is 17.9. The molecule has 0 spiro atoms. The lowest BCUT2D eigenvalue weighted by Gasteiger charge is -2.04. The number of nitrogens with zero attached hydrogens (tertiary/aromatic N) is 2. The second-order valence-corrected chi connectivity index (χ2v) is 3.11. The Morgan fingerprint density at radius 3 is 2.61 bits per heavy atom. The Bertz CT molecular complexity index is 566. The van der Waals surface area contributed by atoms with Gasteiger partial charge in [-0.3, -0.25) is 0 Å². The van der Waals surface area contributed by atoms with E-state index in [1.807, 2.05) is 0 Å². The van der Waals surface area contributed by atoms with Crippen LogP contribution in [0.15, 0.2) is 30.0 Å². The molecular formula is C12H8FN3O2. The highest BCUT2D eigenvalue weighted by Gasteiger charge is 2.11. The summed E-state index contributed by atoms with van der Waals surface area (Å²) in [5, 5.41) is 19.6. The number of rotatable bonds is 3. The van der Waals surface area contributed by atoms with Crippen LogP contribution in [0.4, 0.5) is 10.1 Å². The minimum atomic E-state index is -0.774. The monoisotopic (exact) mass is 245 g/mol. The largest absolute Gasteiger partial charge is 0.465 e. The minimum Gasteiger partial charge on any atom is -0.465 e. The van der Waals surface area contributed by atoms with E-state index in [0.717, 1.165) is 19.4 Å². The van der Waals surface area contributed by atoms with E-state index in [0.29, 0.717) is 5.69 Å². The zero-order valence-electron chi connectivity index (χ0n) is 9.40. The van der Waals surface area contributed by atoms with Crippen molar-refractivity contribution >= 4 is 11.7 Å². The van der Waals surface area contributed by atoms with Crippen LogP contribution in [0.5, 0.6) is 0 Å². The van der Waals surface area contributed by atoms with Crippen LogP contribution in [-0.4, -0.2) is 13.1 Å². The number of carbonyl (C=O) groups is 1. The highest BCUT2D eigenvalue weighted by Crippen LogP contribution is 2.15. The molecule has 0 amide bonds. The summed E-state index contributed by atoms with van der Waals surface area (Å²) in [4.78, 5) is 11.1. The Morgan fingerprint density at radius 2 is 2.11 bits per heavy atom. The first kappa shape index (κ1) is 13.2. The van der Waals surface area contributed by atoms with Crippen LogP contribution >= 0.6 is 0 Å². The molecule has 1 aromatic rings. The fourth-order valence-electron chi connectivity index (χ4n) is 1.13. The van der Waals surface area contributed by atoms with Crippen LogP contribution in [0.1, 0.15) is 10.4 Å². The Hall–Kier alpha value is -2.86. The van der Waals surface area contributed by atoms with E-state index >= 15 is 0 Å². The van der Waals surface area contributed by atoms with Gasteiger partial charge in [-0.1, -0.05) is 0 Å². The molecule has 0 saturated carbocycles. The van der Waals surface area contributed by atoms with E-state index in [-0.39, 0.29) is 11.1 Å². The van der Waals surface area contributed by atoms with Gasteiger partial charge in [0, 0.05) is 11.9 Å². The molecule has 18 heavy (non-hydrogen) atoms. The van der Waals surface area contributed by atoms with Crippen molar-refractivity contribution in [1.29, 1.82) is 10.5 Å². The van der Waals surface area contributed by atoms with Crippen molar-refractivity contribution in [3.8, 4) is 12.1 Å². The molecule has 0 unspecified atom stereocenters. The van der Waals surface area contributed by atoms with E-state index < -0.39 is 11.8 Å². The van der Waals surface area contributed by atoms with E-state index in [1.54, 1.807) is 12.1 Å². The van der Waals surface area contributed by atoms with Crippen molar-refractivity contribution in [2.45, 2.75) is 0 Å². The summed E-state index contributed by atoms with van der Waals surface area (Å²) in [7, 11) is 1.16. The summed E-state index contributed by atoms with van der Waals surface area (Å²) in [6.45, 7) is 0. The summed E-state index contributed by atoms with van der Waals surface area (Å²) in [5.74, 6) is -1.53. The topological polar surface area (TPSA) is 85.9 Å². The third-order valence-electron chi connectivity index (χ3n) is 2.00. The van der Waals surface area contributed by atoms with E-state index in [9.17, 15) is 9.18 Å². The first-order valence-corrected chi connectivity index (χ1v) is 4.77. The molecule has 0 radical (unpaired) electrons. The van der Waals surface area contributed by atoms with Gasteiger partial charge in [-0.15, -0.1) is 0 Å². The molecule has 0 saturated heterocycles. The molecule has 0 bridgehead atoms. The molecule has 0 aromatic heterocycles. The average Bonchev–Trinajstić information content (AvgIpc) is 2.39. The first-order valence-electron chi connectivity index (χ1n) is 4.77. The number of carbonyl (C=O) groups excluding carboxylic acids is 1. The lowest BCUT2D eigenvalue weighted by Crippen LogP contribution is -2.04. The van der Waals surface area contributed by atoms with Crippen molar-refractivity contribution in [3.05, 3.63) is 41.4 Å². The highest BCUT2D eigenvalue weighted by molar-refractivity contribution is 5.90. The maximum absolute atomic E-state index is 13.5. The number of halogens is 1. The van der Waals surface area contributed by atoms with Crippen molar-refractivity contribution in [3.63, 3.8) is 0 Å². The van der Waals surface area contributed by atoms with Crippen LogP contribution in [0.25, 0.3) is 0 Å². The summed E-state index contributed by atoms with van der Waals surface area (Å²) in [5.41, 5.74) is -0.0246. The number of hydrogen-bond acceptors (Lipinski definition) is 5. The maximum atomic E-state index is 13.5. The van der Waals surface area contributed by atoms with Crippen LogP contribution < -0.4 is 5.32 Å². The zero-order valence-corrected chi connectivity index (χ0v) is 9.40. The molecule has 0 heterocycles. The van der Waals surface area contributed by atoms with Gasteiger partial charge in [0.25, 0.3) is 0 Å². The van der Waals surface area contributed by atoms with E-state index in [4.69, 9.17) is 10.5 Å².